The lowest BCUT2D eigenvalue weighted by atomic mass is 10.2. The van der Waals surface area contributed by atoms with Crippen LogP contribution in [0.4, 0.5) is 5.95 Å². The van der Waals surface area contributed by atoms with Crippen LogP contribution in [0.5, 0.6) is 0 Å². The van der Waals surface area contributed by atoms with E-state index in [1.807, 2.05) is 0 Å². The second kappa shape index (κ2) is 5.75. The predicted molar refractivity (Wildman–Crippen MR) is 57.1 cm³/mol. The third-order valence-corrected chi connectivity index (χ3v) is 1.80. The lowest BCUT2D eigenvalue weighted by molar-refractivity contribution is -0.132. The van der Waals surface area contributed by atoms with Gasteiger partial charge in [0.1, 0.15) is 10.8 Å². The van der Waals surface area contributed by atoms with E-state index in [1.165, 1.54) is 6.07 Å². The van der Waals surface area contributed by atoms with E-state index in [2.05, 4.69) is 25.2 Å². The summed E-state index contributed by atoms with van der Waals surface area (Å²) in [5.74, 6) is -1.04. The Kier molecular flexibility index (Phi) is 4.35. The van der Waals surface area contributed by atoms with Gasteiger partial charge in [-0.15, -0.1) is 0 Å². The van der Waals surface area contributed by atoms with Crippen molar-refractivity contribution in [1.82, 2.24) is 9.97 Å². The number of methoxy groups -OCH3 is 1. The molecule has 0 fully saturated rings. The van der Waals surface area contributed by atoms with Gasteiger partial charge in [0, 0.05) is 6.07 Å². The third-order valence-electron chi connectivity index (χ3n) is 1.60. The zero-order chi connectivity index (χ0) is 12.8. The van der Waals surface area contributed by atoms with Gasteiger partial charge < -0.3 is 9.94 Å². The lowest BCUT2D eigenvalue weighted by Crippen LogP contribution is -2.19. The molecule has 1 heterocycles. The van der Waals surface area contributed by atoms with Crippen LogP contribution in [0.1, 0.15) is 5.69 Å². The Morgan fingerprint density at radius 3 is 2.88 bits per heavy atom. The van der Waals surface area contributed by atoms with Gasteiger partial charge in [0.15, 0.2) is 0 Å². The Morgan fingerprint density at radius 1 is 1.65 bits per heavy atom. The van der Waals surface area contributed by atoms with Crippen LogP contribution in [-0.2, 0) is 14.3 Å². The summed E-state index contributed by atoms with van der Waals surface area (Å²) < 4.78 is 4.37. The predicted octanol–water partition coefficient (Wildman–Crippen LogP) is 0.0496. The Hall–Kier alpha value is -2.22. The summed E-state index contributed by atoms with van der Waals surface area (Å²) in [6, 6.07) is 1.18. The molecular formula is C8H7ClN4O4. The normalized spacial score (nSPS) is 10.8. The molecule has 90 valence electrons. The minimum Gasteiger partial charge on any atom is -0.464 e. The highest BCUT2D eigenvalue weighted by Crippen LogP contribution is 2.11. The number of carbonyl (C=O) groups is 2. The van der Waals surface area contributed by atoms with E-state index >= 15 is 0 Å². The number of hydrogen-bond donors (Lipinski definition) is 2. The first kappa shape index (κ1) is 12.8. The highest BCUT2D eigenvalue weighted by atomic mass is 35.5. The van der Waals surface area contributed by atoms with E-state index in [-0.39, 0.29) is 16.8 Å². The van der Waals surface area contributed by atoms with Gasteiger partial charge >= 0.3 is 5.97 Å². The van der Waals surface area contributed by atoms with Crippen molar-refractivity contribution in [2.24, 2.45) is 5.16 Å². The molecule has 2 N–H and O–H groups in total. The van der Waals surface area contributed by atoms with E-state index in [0.717, 1.165) is 7.11 Å². The van der Waals surface area contributed by atoms with E-state index in [1.54, 1.807) is 0 Å². The largest absolute Gasteiger partial charge is 0.464 e. The number of amides is 1. The van der Waals surface area contributed by atoms with Crippen molar-refractivity contribution in [2.75, 3.05) is 12.4 Å². The Labute approximate surface area is 100 Å². The van der Waals surface area contributed by atoms with Crippen LogP contribution in [0.15, 0.2) is 11.2 Å². The summed E-state index contributed by atoms with van der Waals surface area (Å²) in [6.07, 6.45) is 0.337. The Balaban J connectivity index is 3.20. The van der Waals surface area contributed by atoms with Gasteiger partial charge in [-0.1, -0.05) is 16.8 Å². The number of nitrogens with zero attached hydrogens (tertiary/aromatic N) is 3. The minimum absolute atomic E-state index is 0.0376. The standard InChI is InChI=1S/C8H7ClN4O4/c1-17-7(15)6(13-16)4-2-5(9)12-8(11-4)10-3-14/h2-3,16H,1H3,(H,10,11,12,14)/b13-6-. The Bertz CT molecular complexity index is 477. The number of ether oxygens (including phenoxy) is 1. The van der Waals surface area contributed by atoms with Gasteiger partial charge in [-0.25, -0.2) is 14.8 Å². The molecule has 9 heteroatoms. The fraction of sp³-hybridized carbons (Fsp3) is 0.125. The molecule has 17 heavy (non-hydrogen) atoms. The number of halogens is 1. The van der Waals surface area contributed by atoms with Crippen LogP contribution in [0, 0.1) is 0 Å². The highest BCUT2D eigenvalue weighted by molar-refractivity contribution is 6.43. The maximum Gasteiger partial charge on any atom is 0.362 e. The molecule has 0 aliphatic heterocycles. The number of oxime groups is 1. The monoisotopic (exact) mass is 258 g/mol. The number of aromatic nitrogens is 2. The summed E-state index contributed by atoms with van der Waals surface area (Å²) in [4.78, 5) is 28.8. The molecule has 0 atom stereocenters. The lowest BCUT2D eigenvalue weighted by Gasteiger charge is -2.04. The molecule has 1 amide bonds. The zero-order valence-corrected chi connectivity index (χ0v) is 9.30. The molecule has 0 bridgehead atoms. The first-order valence-electron chi connectivity index (χ1n) is 4.18. The van der Waals surface area contributed by atoms with Gasteiger partial charge in [-0.2, -0.15) is 0 Å². The number of rotatable bonds is 4. The van der Waals surface area contributed by atoms with Crippen molar-refractivity contribution in [2.45, 2.75) is 0 Å². The molecule has 0 saturated heterocycles. The van der Waals surface area contributed by atoms with Crippen LogP contribution in [0.25, 0.3) is 0 Å². The zero-order valence-electron chi connectivity index (χ0n) is 8.55. The summed E-state index contributed by atoms with van der Waals surface area (Å²) in [5, 5.41) is 13.5. The quantitative estimate of drug-likeness (QED) is 0.197. The van der Waals surface area contributed by atoms with Crippen LogP contribution in [0.3, 0.4) is 0 Å². The maximum absolute atomic E-state index is 11.2. The second-order valence-corrected chi connectivity index (χ2v) is 2.99. The summed E-state index contributed by atoms with van der Waals surface area (Å²) in [5.41, 5.74) is -0.533. The molecule has 1 rings (SSSR count). The van der Waals surface area contributed by atoms with Crippen molar-refractivity contribution < 1.29 is 19.5 Å². The first-order valence-corrected chi connectivity index (χ1v) is 4.55. The number of hydrogen-bond acceptors (Lipinski definition) is 7. The summed E-state index contributed by atoms with van der Waals surface area (Å²) in [7, 11) is 1.11. The second-order valence-electron chi connectivity index (χ2n) is 2.60. The SMILES string of the molecule is COC(=O)/C(=N\O)c1cc(Cl)nc(NC=O)n1. The fourth-order valence-corrected chi connectivity index (χ4v) is 1.13. The average molecular weight is 259 g/mol. The third kappa shape index (κ3) is 3.11. The van der Waals surface area contributed by atoms with Gasteiger partial charge in [0.05, 0.1) is 7.11 Å². The molecule has 8 nitrogen and oxygen atoms in total. The van der Waals surface area contributed by atoms with Gasteiger partial charge in [-0.3, -0.25) is 10.1 Å². The average Bonchev–Trinajstić information content (AvgIpc) is 2.29. The molecular weight excluding hydrogens is 252 g/mol. The molecule has 0 spiro atoms. The van der Waals surface area contributed by atoms with E-state index < -0.39 is 11.7 Å². The molecule has 0 unspecified atom stereocenters. The van der Waals surface area contributed by atoms with Crippen LogP contribution >= 0.6 is 11.6 Å². The van der Waals surface area contributed by atoms with E-state index in [4.69, 9.17) is 16.8 Å². The van der Waals surface area contributed by atoms with E-state index in [0.29, 0.717) is 6.41 Å². The maximum atomic E-state index is 11.2. The van der Waals surface area contributed by atoms with Crippen molar-refractivity contribution in [3.05, 3.63) is 16.9 Å². The van der Waals surface area contributed by atoms with Gasteiger partial charge in [-0.05, 0) is 0 Å². The van der Waals surface area contributed by atoms with Gasteiger partial charge in [0.25, 0.3) is 0 Å². The molecule has 0 saturated carbocycles. The summed E-state index contributed by atoms with van der Waals surface area (Å²) >= 11 is 5.64. The summed E-state index contributed by atoms with van der Waals surface area (Å²) in [6.45, 7) is 0. The first-order chi connectivity index (χ1) is 8.12. The van der Waals surface area contributed by atoms with Crippen molar-refractivity contribution in [1.29, 1.82) is 0 Å². The molecule has 1 aromatic heterocycles. The number of nitrogens with one attached hydrogen (secondary N) is 1. The van der Waals surface area contributed by atoms with Crippen LogP contribution in [0.2, 0.25) is 5.15 Å². The van der Waals surface area contributed by atoms with Crippen molar-refractivity contribution >= 4 is 35.6 Å². The minimum atomic E-state index is -0.903. The van der Waals surface area contributed by atoms with Crippen molar-refractivity contribution in [3.8, 4) is 0 Å². The smallest absolute Gasteiger partial charge is 0.362 e. The molecule has 0 aliphatic carbocycles. The number of esters is 1. The fourth-order valence-electron chi connectivity index (χ4n) is 0.949. The number of anilines is 1. The highest BCUT2D eigenvalue weighted by Gasteiger charge is 2.18. The Morgan fingerprint density at radius 2 is 2.35 bits per heavy atom. The number of carbonyl (C=O) groups excluding carboxylic acids is 2. The van der Waals surface area contributed by atoms with Crippen molar-refractivity contribution in [3.63, 3.8) is 0 Å². The topological polar surface area (TPSA) is 114 Å². The molecule has 0 aliphatic rings. The molecule has 0 aromatic carbocycles. The molecule has 1 aromatic rings. The van der Waals surface area contributed by atoms with Gasteiger partial charge in [0.2, 0.25) is 18.1 Å². The molecule has 0 radical (unpaired) electrons. The van der Waals surface area contributed by atoms with E-state index in [9.17, 15) is 9.59 Å². The van der Waals surface area contributed by atoms with Crippen LogP contribution < -0.4 is 5.32 Å². The van der Waals surface area contributed by atoms with Crippen LogP contribution in [-0.4, -0.2) is 40.4 Å².